The molecule has 0 saturated carbocycles. The lowest BCUT2D eigenvalue weighted by Gasteiger charge is -2.45. The fourth-order valence-electron chi connectivity index (χ4n) is 4.26. The van der Waals surface area contributed by atoms with Gasteiger partial charge in [0.1, 0.15) is 17.9 Å². The molecule has 2 aliphatic rings. The summed E-state index contributed by atoms with van der Waals surface area (Å²) in [7, 11) is -1.19. The van der Waals surface area contributed by atoms with Crippen LogP contribution in [0.2, 0.25) is 0 Å². The molecule has 0 spiro atoms. The summed E-state index contributed by atoms with van der Waals surface area (Å²) < 4.78 is 29.2. The molecule has 1 N–H and O–H groups in total. The number of ether oxygens (including phenoxy) is 3. The molecule has 1 amide bonds. The average molecular weight is 517 g/mol. The number of nitrogens with zero attached hydrogens (tertiary/aromatic N) is 3. The van der Waals surface area contributed by atoms with Crippen LogP contribution >= 0.6 is 0 Å². The van der Waals surface area contributed by atoms with Gasteiger partial charge in [-0.2, -0.15) is 0 Å². The molecule has 0 aliphatic carbocycles. The predicted molar refractivity (Wildman–Crippen MR) is 140 cm³/mol. The van der Waals surface area contributed by atoms with Gasteiger partial charge in [0.25, 0.3) is 0 Å². The van der Waals surface area contributed by atoms with Crippen LogP contribution in [0.4, 0.5) is 10.6 Å². The van der Waals surface area contributed by atoms with E-state index in [4.69, 9.17) is 24.2 Å². The summed E-state index contributed by atoms with van der Waals surface area (Å²) in [5, 5.41) is 2.77. The van der Waals surface area contributed by atoms with Crippen molar-refractivity contribution < 1.29 is 23.2 Å². The average Bonchev–Trinajstić information content (AvgIpc) is 2.81. The maximum atomic E-state index is 12.7. The first-order valence-electron chi connectivity index (χ1n) is 12.2. The van der Waals surface area contributed by atoms with E-state index in [9.17, 15) is 9.00 Å². The van der Waals surface area contributed by atoms with Gasteiger partial charge in [-0.25, -0.2) is 14.8 Å². The van der Waals surface area contributed by atoms with Crippen LogP contribution < -0.4 is 15.0 Å². The van der Waals surface area contributed by atoms with Crippen LogP contribution in [0.1, 0.15) is 52.8 Å². The highest BCUT2D eigenvalue weighted by Gasteiger charge is 2.41. The van der Waals surface area contributed by atoms with Crippen molar-refractivity contribution >= 4 is 22.7 Å². The number of morpholine rings is 1. The number of carbonyl (C=O) groups is 1. The van der Waals surface area contributed by atoms with Gasteiger partial charge in [0.05, 0.1) is 30.0 Å². The molecule has 10 heteroatoms. The quantitative estimate of drug-likeness (QED) is 0.641. The number of benzene rings is 1. The standard InChI is InChI=1S/C26H36N4O5S/c1-16-13-33-14-19-15-34-20-21(26(5,6)36(7)32)28-22(29-23(20)30(16)19)18-10-8-17(9-11-18)12-27-24(31)35-25(2,3)4/h8-11,16,19H,12-15H2,1-7H3,(H,27,31)/t16-,19?,36?/m1/s1. The fraction of sp³-hybridized carbons (Fsp3) is 0.577. The molecule has 4 rings (SSSR count). The summed E-state index contributed by atoms with van der Waals surface area (Å²) in [6.07, 6.45) is 1.22. The number of carbonyl (C=O) groups excluding carboxylic acids is 1. The maximum Gasteiger partial charge on any atom is 0.407 e. The summed E-state index contributed by atoms with van der Waals surface area (Å²) in [5.41, 5.74) is 1.83. The Morgan fingerprint density at radius 2 is 1.83 bits per heavy atom. The first-order chi connectivity index (χ1) is 16.9. The first kappa shape index (κ1) is 26.3. The second-order valence-electron chi connectivity index (χ2n) is 10.8. The van der Waals surface area contributed by atoms with Gasteiger partial charge >= 0.3 is 6.09 Å². The second kappa shape index (κ2) is 9.97. The van der Waals surface area contributed by atoms with Gasteiger partial charge in [-0.15, -0.1) is 0 Å². The van der Waals surface area contributed by atoms with Gasteiger partial charge in [-0.3, -0.25) is 4.21 Å². The Balaban J connectivity index is 1.67. The molecule has 2 unspecified atom stereocenters. The van der Waals surface area contributed by atoms with Crippen molar-refractivity contribution in [2.45, 2.75) is 70.5 Å². The molecule has 196 valence electrons. The lowest BCUT2D eigenvalue weighted by molar-refractivity contribution is 0.0482. The molecule has 3 heterocycles. The third-order valence-electron chi connectivity index (χ3n) is 6.39. The zero-order valence-electron chi connectivity index (χ0n) is 22.1. The Morgan fingerprint density at radius 3 is 2.47 bits per heavy atom. The van der Waals surface area contributed by atoms with Gasteiger partial charge in [0, 0.05) is 29.2 Å². The van der Waals surface area contributed by atoms with Gasteiger partial charge in [-0.1, -0.05) is 24.3 Å². The summed E-state index contributed by atoms with van der Waals surface area (Å²) in [4.78, 5) is 24.1. The van der Waals surface area contributed by atoms with Gasteiger partial charge in [-0.05, 0) is 47.1 Å². The van der Waals surface area contributed by atoms with E-state index in [0.717, 1.165) is 16.9 Å². The van der Waals surface area contributed by atoms with E-state index in [2.05, 4.69) is 17.1 Å². The zero-order valence-corrected chi connectivity index (χ0v) is 22.9. The minimum atomic E-state index is -1.19. The number of rotatable bonds is 5. The highest BCUT2D eigenvalue weighted by molar-refractivity contribution is 7.85. The molecule has 1 aromatic heterocycles. The molecule has 0 radical (unpaired) electrons. The number of anilines is 1. The molecule has 2 aliphatic heterocycles. The maximum absolute atomic E-state index is 12.7. The van der Waals surface area contributed by atoms with Gasteiger partial charge in [0.15, 0.2) is 17.4 Å². The SMILES string of the molecule is C[C@@H]1COCC2COc3c(nc(-c4ccc(CNC(=O)OC(C)(C)C)cc4)nc3C(C)(C)S(C)=O)N21. The number of alkyl carbamates (subject to hydrolysis) is 1. The molecule has 9 nitrogen and oxygen atoms in total. The molecule has 3 atom stereocenters. The summed E-state index contributed by atoms with van der Waals surface area (Å²) >= 11 is 0. The highest BCUT2D eigenvalue weighted by Crippen LogP contribution is 2.43. The lowest BCUT2D eigenvalue weighted by Crippen LogP contribution is -2.56. The Kier molecular flexibility index (Phi) is 7.30. The Bertz CT molecular complexity index is 1150. The van der Waals surface area contributed by atoms with Gasteiger partial charge < -0.3 is 24.4 Å². The van der Waals surface area contributed by atoms with Crippen LogP contribution in [0, 0.1) is 0 Å². The number of amides is 1. The normalized spacial score (nSPS) is 20.6. The highest BCUT2D eigenvalue weighted by atomic mass is 32.2. The van der Waals surface area contributed by atoms with Crippen molar-refractivity contribution in [1.82, 2.24) is 15.3 Å². The molecule has 1 fully saturated rings. The number of nitrogens with one attached hydrogen (secondary N) is 1. The van der Waals surface area contributed by atoms with Crippen LogP contribution in [0.15, 0.2) is 24.3 Å². The minimum Gasteiger partial charge on any atom is -0.486 e. The predicted octanol–water partition coefficient (Wildman–Crippen LogP) is 3.77. The van der Waals surface area contributed by atoms with Crippen LogP contribution in [-0.2, 0) is 31.6 Å². The van der Waals surface area contributed by atoms with E-state index in [1.165, 1.54) is 0 Å². The third-order valence-corrected chi connectivity index (χ3v) is 8.02. The molecule has 0 bridgehead atoms. The topological polar surface area (TPSA) is 103 Å². The molecular formula is C26H36N4O5S. The summed E-state index contributed by atoms with van der Waals surface area (Å²) in [6, 6.07) is 7.89. The van der Waals surface area contributed by atoms with Crippen molar-refractivity contribution in [3.63, 3.8) is 0 Å². The smallest absolute Gasteiger partial charge is 0.407 e. The molecule has 1 aromatic carbocycles. The zero-order chi connectivity index (χ0) is 26.3. The fourth-order valence-corrected chi connectivity index (χ4v) is 4.68. The molecule has 36 heavy (non-hydrogen) atoms. The third kappa shape index (κ3) is 5.49. The van der Waals surface area contributed by atoms with Crippen LogP contribution in [0.25, 0.3) is 11.4 Å². The van der Waals surface area contributed by atoms with Crippen LogP contribution in [0.5, 0.6) is 5.75 Å². The monoisotopic (exact) mass is 516 g/mol. The molecular weight excluding hydrogens is 480 g/mol. The lowest BCUT2D eigenvalue weighted by atomic mass is 10.0. The second-order valence-corrected chi connectivity index (χ2v) is 12.8. The number of hydrogen-bond acceptors (Lipinski definition) is 8. The van der Waals surface area contributed by atoms with E-state index in [1.54, 1.807) is 6.26 Å². The van der Waals surface area contributed by atoms with Crippen LogP contribution in [-0.4, -0.2) is 64.0 Å². The Morgan fingerprint density at radius 1 is 1.14 bits per heavy atom. The Labute approximate surface area is 215 Å². The van der Waals surface area contributed by atoms with E-state index in [1.807, 2.05) is 58.9 Å². The first-order valence-corrected chi connectivity index (χ1v) is 13.7. The van der Waals surface area contributed by atoms with Crippen molar-refractivity contribution in [2.75, 3.05) is 31.0 Å². The van der Waals surface area contributed by atoms with Crippen molar-refractivity contribution in [3.8, 4) is 17.1 Å². The van der Waals surface area contributed by atoms with Crippen molar-refractivity contribution in [1.29, 1.82) is 0 Å². The van der Waals surface area contributed by atoms with E-state index >= 15 is 0 Å². The van der Waals surface area contributed by atoms with E-state index in [0.29, 0.717) is 43.6 Å². The summed E-state index contributed by atoms with van der Waals surface area (Å²) in [6.45, 7) is 13.4. The summed E-state index contributed by atoms with van der Waals surface area (Å²) in [5.74, 6) is 1.86. The number of fused-ring (bicyclic) bond motifs is 3. The molecule has 1 saturated heterocycles. The Hall–Kier alpha value is -2.72. The van der Waals surface area contributed by atoms with Gasteiger partial charge in [0.2, 0.25) is 0 Å². The van der Waals surface area contributed by atoms with Crippen LogP contribution in [0.3, 0.4) is 0 Å². The number of hydrogen-bond donors (Lipinski definition) is 1. The van der Waals surface area contributed by atoms with E-state index < -0.39 is 27.2 Å². The largest absolute Gasteiger partial charge is 0.486 e. The number of aromatic nitrogens is 2. The van der Waals surface area contributed by atoms with E-state index in [-0.39, 0.29) is 12.1 Å². The van der Waals surface area contributed by atoms with Crippen molar-refractivity contribution in [2.24, 2.45) is 0 Å². The van der Waals surface area contributed by atoms with Crippen molar-refractivity contribution in [3.05, 3.63) is 35.5 Å². The molecule has 2 aromatic rings. The minimum absolute atomic E-state index is 0.0633.